The zero-order valence-electron chi connectivity index (χ0n) is 11.3. The maximum Gasteiger partial charge on any atom is 0.341 e. The molecule has 0 radical (unpaired) electrons. The van der Waals surface area contributed by atoms with Crippen LogP contribution in [0.5, 0.6) is 0 Å². The van der Waals surface area contributed by atoms with Crippen LogP contribution in [0.4, 0.5) is 5.82 Å². The minimum atomic E-state index is -0.960. The highest BCUT2D eigenvalue weighted by Gasteiger charge is 2.19. The fourth-order valence-corrected chi connectivity index (χ4v) is 2.10. The van der Waals surface area contributed by atoms with Gasteiger partial charge >= 0.3 is 5.97 Å². The first-order chi connectivity index (χ1) is 9.00. The summed E-state index contributed by atoms with van der Waals surface area (Å²) in [6.45, 7) is 4.30. The predicted molar refractivity (Wildman–Crippen MR) is 73.4 cm³/mol. The number of nitrogens with one attached hydrogen (secondary N) is 1. The summed E-state index contributed by atoms with van der Waals surface area (Å²) < 4.78 is 1.57. The molecule has 2 aromatic rings. The molecule has 5 nitrogen and oxygen atoms in total. The second-order valence-electron chi connectivity index (χ2n) is 4.52. The number of carboxylic acids is 1. The summed E-state index contributed by atoms with van der Waals surface area (Å²) in [6, 6.07) is 8.00. The van der Waals surface area contributed by atoms with Crippen molar-refractivity contribution in [2.24, 2.45) is 7.05 Å². The normalized spacial score (nSPS) is 10.5. The lowest BCUT2D eigenvalue weighted by molar-refractivity contribution is 0.0697. The van der Waals surface area contributed by atoms with Crippen LogP contribution in [-0.2, 0) is 13.6 Å². The van der Waals surface area contributed by atoms with Gasteiger partial charge in [-0.3, -0.25) is 4.68 Å². The maximum absolute atomic E-state index is 11.2. The lowest BCUT2D eigenvalue weighted by Gasteiger charge is -2.10. The molecule has 0 saturated carbocycles. The first-order valence-corrected chi connectivity index (χ1v) is 6.06. The molecule has 0 aliphatic rings. The summed E-state index contributed by atoms with van der Waals surface area (Å²) >= 11 is 0. The van der Waals surface area contributed by atoms with Gasteiger partial charge in [0.2, 0.25) is 0 Å². The maximum atomic E-state index is 11.2. The highest BCUT2D eigenvalue weighted by molar-refractivity contribution is 5.94. The first kappa shape index (κ1) is 13.1. The van der Waals surface area contributed by atoms with E-state index in [0.717, 1.165) is 5.56 Å². The molecular weight excluding hydrogens is 242 g/mol. The molecule has 2 N–H and O–H groups in total. The van der Waals surface area contributed by atoms with Gasteiger partial charge in [-0.15, -0.1) is 0 Å². The van der Waals surface area contributed by atoms with E-state index in [0.29, 0.717) is 18.1 Å². The number of nitrogens with zero attached hydrogens (tertiary/aromatic N) is 2. The van der Waals surface area contributed by atoms with Crippen molar-refractivity contribution in [1.82, 2.24) is 9.78 Å². The number of aryl methyl sites for hydroxylation is 3. The standard InChI is InChI=1S/C14H17N3O2/c1-9-6-4-5-7-11(9)8-15-13-12(14(18)19)10(2)16-17(13)3/h4-7,15H,8H2,1-3H3,(H,18,19). The molecule has 100 valence electrons. The minimum Gasteiger partial charge on any atom is -0.477 e. The Morgan fingerprint density at radius 3 is 2.68 bits per heavy atom. The molecule has 0 fully saturated rings. The number of hydrogen-bond donors (Lipinski definition) is 2. The van der Waals surface area contributed by atoms with Gasteiger partial charge < -0.3 is 10.4 Å². The van der Waals surface area contributed by atoms with Crippen molar-refractivity contribution in [2.75, 3.05) is 5.32 Å². The summed E-state index contributed by atoms with van der Waals surface area (Å²) in [4.78, 5) is 11.2. The minimum absolute atomic E-state index is 0.232. The summed E-state index contributed by atoms with van der Waals surface area (Å²) in [7, 11) is 1.74. The smallest absolute Gasteiger partial charge is 0.341 e. The average molecular weight is 259 g/mol. The predicted octanol–water partition coefficient (Wildman–Crippen LogP) is 2.35. The molecule has 1 heterocycles. The summed E-state index contributed by atoms with van der Waals surface area (Å²) in [5.74, 6) is -0.425. The molecule has 1 aromatic heterocycles. The van der Waals surface area contributed by atoms with Crippen LogP contribution in [-0.4, -0.2) is 20.9 Å². The second-order valence-corrected chi connectivity index (χ2v) is 4.52. The SMILES string of the molecule is Cc1ccccc1CNc1c(C(=O)O)c(C)nn1C. The third-order valence-electron chi connectivity index (χ3n) is 3.14. The van der Waals surface area contributed by atoms with Crippen LogP contribution in [0.1, 0.15) is 27.2 Å². The van der Waals surface area contributed by atoms with Crippen molar-refractivity contribution in [1.29, 1.82) is 0 Å². The van der Waals surface area contributed by atoms with Crippen LogP contribution in [0.25, 0.3) is 0 Å². The Balaban J connectivity index is 2.25. The van der Waals surface area contributed by atoms with Crippen molar-refractivity contribution < 1.29 is 9.90 Å². The van der Waals surface area contributed by atoms with Gasteiger partial charge in [-0.25, -0.2) is 4.79 Å². The quantitative estimate of drug-likeness (QED) is 0.884. The molecule has 0 aliphatic heterocycles. The van der Waals surface area contributed by atoms with Crippen molar-refractivity contribution in [3.63, 3.8) is 0 Å². The van der Waals surface area contributed by atoms with E-state index >= 15 is 0 Å². The van der Waals surface area contributed by atoms with E-state index in [1.807, 2.05) is 31.2 Å². The Kier molecular flexibility index (Phi) is 3.55. The molecule has 5 heteroatoms. The van der Waals surface area contributed by atoms with Crippen LogP contribution in [0.3, 0.4) is 0 Å². The van der Waals surface area contributed by atoms with Crippen molar-refractivity contribution in [2.45, 2.75) is 20.4 Å². The highest BCUT2D eigenvalue weighted by Crippen LogP contribution is 2.20. The lowest BCUT2D eigenvalue weighted by atomic mass is 10.1. The zero-order chi connectivity index (χ0) is 14.0. The summed E-state index contributed by atoms with van der Waals surface area (Å²) in [5.41, 5.74) is 3.06. The monoisotopic (exact) mass is 259 g/mol. The van der Waals surface area contributed by atoms with Crippen LogP contribution in [0.15, 0.2) is 24.3 Å². The Hall–Kier alpha value is -2.30. The van der Waals surface area contributed by atoms with E-state index in [4.69, 9.17) is 0 Å². The van der Waals surface area contributed by atoms with Crippen molar-refractivity contribution >= 4 is 11.8 Å². The fraction of sp³-hybridized carbons (Fsp3) is 0.286. The first-order valence-electron chi connectivity index (χ1n) is 6.06. The van der Waals surface area contributed by atoms with Gasteiger partial charge in [-0.1, -0.05) is 24.3 Å². The third-order valence-corrected chi connectivity index (χ3v) is 3.14. The highest BCUT2D eigenvalue weighted by atomic mass is 16.4. The number of aromatic nitrogens is 2. The molecule has 1 aromatic carbocycles. The van der Waals surface area contributed by atoms with Gasteiger partial charge in [-0.2, -0.15) is 5.10 Å². The number of hydrogen-bond acceptors (Lipinski definition) is 3. The Bertz CT molecular complexity index is 617. The number of anilines is 1. The van der Waals surface area contributed by atoms with E-state index in [9.17, 15) is 9.90 Å². The van der Waals surface area contributed by atoms with E-state index < -0.39 is 5.97 Å². The molecule has 0 spiro atoms. The number of carboxylic acid groups (broad SMARTS) is 1. The van der Waals surface area contributed by atoms with E-state index in [2.05, 4.69) is 10.4 Å². The molecule has 0 unspecified atom stereocenters. The van der Waals surface area contributed by atoms with Crippen LogP contribution in [0, 0.1) is 13.8 Å². The van der Waals surface area contributed by atoms with E-state index in [-0.39, 0.29) is 5.56 Å². The molecule has 2 rings (SSSR count). The number of aromatic carboxylic acids is 1. The van der Waals surface area contributed by atoms with E-state index in [1.54, 1.807) is 18.7 Å². The zero-order valence-corrected chi connectivity index (χ0v) is 11.3. The Morgan fingerprint density at radius 2 is 2.05 bits per heavy atom. The average Bonchev–Trinajstić information content (AvgIpc) is 2.63. The van der Waals surface area contributed by atoms with Gasteiger partial charge in [0, 0.05) is 13.6 Å². The molecule has 0 bridgehead atoms. The summed E-state index contributed by atoms with van der Waals surface area (Å²) in [5, 5.41) is 16.5. The number of carbonyl (C=O) groups is 1. The fourth-order valence-electron chi connectivity index (χ4n) is 2.10. The van der Waals surface area contributed by atoms with E-state index in [1.165, 1.54) is 5.56 Å². The summed E-state index contributed by atoms with van der Waals surface area (Å²) in [6.07, 6.45) is 0. The van der Waals surface area contributed by atoms with Gasteiger partial charge in [0.1, 0.15) is 11.4 Å². The van der Waals surface area contributed by atoms with Crippen LogP contribution < -0.4 is 5.32 Å². The molecule has 19 heavy (non-hydrogen) atoms. The Labute approximate surface area is 111 Å². The molecule has 0 atom stereocenters. The Morgan fingerprint density at radius 1 is 1.37 bits per heavy atom. The number of rotatable bonds is 4. The third kappa shape index (κ3) is 2.59. The van der Waals surface area contributed by atoms with Crippen LogP contribution >= 0.6 is 0 Å². The second kappa shape index (κ2) is 5.14. The topological polar surface area (TPSA) is 67.2 Å². The van der Waals surface area contributed by atoms with Gasteiger partial charge in [0.15, 0.2) is 0 Å². The largest absolute Gasteiger partial charge is 0.477 e. The molecule has 0 aliphatic carbocycles. The van der Waals surface area contributed by atoms with Gasteiger partial charge in [-0.05, 0) is 25.0 Å². The van der Waals surface area contributed by atoms with Gasteiger partial charge in [0.25, 0.3) is 0 Å². The van der Waals surface area contributed by atoms with Crippen molar-refractivity contribution in [3.05, 3.63) is 46.6 Å². The molecular formula is C14H17N3O2. The number of benzene rings is 1. The van der Waals surface area contributed by atoms with Crippen molar-refractivity contribution in [3.8, 4) is 0 Å². The lowest BCUT2D eigenvalue weighted by Crippen LogP contribution is -2.09. The van der Waals surface area contributed by atoms with Crippen LogP contribution in [0.2, 0.25) is 0 Å². The van der Waals surface area contributed by atoms with Gasteiger partial charge in [0.05, 0.1) is 5.69 Å². The molecule has 0 amide bonds. The molecule has 0 saturated heterocycles.